The molecule has 38 heavy (non-hydrogen) atoms. The number of benzene rings is 1. The van der Waals surface area contributed by atoms with Gasteiger partial charge in [-0.05, 0) is 52.0 Å². The first kappa shape index (κ1) is 29.5. The lowest BCUT2D eigenvalue weighted by atomic mass is 9.95. The van der Waals surface area contributed by atoms with Crippen molar-refractivity contribution < 1.29 is 28.6 Å². The van der Waals surface area contributed by atoms with Crippen LogP contribution < -0.4 is 10.6 Å². The van der Waals surface area contributed by atoms with E-state index in [1.54, 1.807) is 20.8 Å². The Morgan fingerprint density at radius 1 is 0.947 bits per heavy atom. The Hall–Kier alpha value is -3.10. The van der Waals surface area contributed by atoms with Crippen LogP contribution in [0, 0.1) is 0 Å². The first-order valence-corrected chi connectivity index (χ1v) is 13.9. The first-order chi connectivity index (χ1) is 18.2. The maximum atomic E-state index is 13.3. The third kappa shape index (κ3) is 11.1. The summed E-state index contributed by atoms with van der Waals surface area (Å²) in [5, 5.41) is 5.82. The summed E-state index contributed by atoms with van der Waals surface area (Å²) in [5.41, 5.74) is 0.0580. The lowest BCUT2D eigenvalue weighted by Crippen LogP contribution is -2.47. The fourth-order valence-corrected chi connectivity index (χ4v) is 4.71. The van der Waals surface area contributed by atoms with Crippen LogP contribution in [0.4, 0.5) is 4.79 Å². The molecule has 0 spiro atoms. The van der Waals surface area contributed by atoms with Crippen LogP contribution in [-0.4, -0.2) is 47.8 Å². The van der Waals surface area contributed by atoms with E-state index in [9.17, 15) is 14.4 Å². The number of amides is 1. The van der Waals surface area contributed by atoms with Crippen LogP contribution in [0.25, 0.3) is 0 Å². The Morgan fingerprint density at radius 3 is 2.21 bits per heavy atom. The number of amidine groups is 1. The van der Waals surface area contributed by atoms with Gasteiger partial charge in [0.05, 0.1) is 12.5 Å². The van der Waals surface area contributed by atoms with Gasteiger partial charge in [-0.3, -0.25) is 4.79 Å². The van der Waals surface area contributed by atoms with E-state index in [0.717, 1.165) is 56.9 Å². The van der Waals surface area contributed by atoms with Crippen LogP contribution in [0.5, 0.6) is 0 Å². The average molecular weight is 530 g/mol. The predicted octanol–water partition coefficient (Wildman–Crippen LogP) is 5.17. The van der Waals surface area contributed by atoms with Crippen molar-refractivity contribution in [3.63, 3.8) is 0 Å². The fraction of sp³-hybridized carbons (Fsp3) is 0.655. The number of aliphatic imine (C=N–C) groups is 1. The van der Waals surface area contributed by atoms with Crippen molar-refractivity contribution in [1.82, 2.24) is 10.6 Å². The molecule has 9 nitrogen and oxygen atoms in total. The van der Waals surface area contributed by atoms with Gasteiger partial charge < -0.3 is 24.8 Å². The molecule has 3 rings (SSSR count). The number of alkyl carbamates (subject to hydrolysis) is 1. The number of ether oxygens (including phenoxy) is 3. The van der Waals surface area contributed by atoms with E-state index in [0.29, 0.717) is 0 Å². The Kier molecular flexibility index (Phi) is 11.4. The normalized spacial score (nSPS) is 18.2. The molecule has 0 heterocycles. The van der Waals surface area contributed by atoms with Crippen LogP contribution in [0.2, 0.25) is 0 Å². The highest BCUT2D eigenvalue weighted by Crippen LogP contribution is 2.22. The van der Waals surface area contributed by atoms with Crippen molar-refractivity contribution in [2.45, 2.75) is 122 Å². The molecule has 210 valence electrons. The second kappa shape index (κ2) is 14.7. The Bertz CT molecular complexity index is 931. The van der Waals surface area contributed by atoms with Gasteiger partial charge in [-0.2, -0.15) is 0 Å². The number of carbonyl (C=O) groups is 3. The van der Waals surface area contributed by atoms with Crippen LogP contribution in [-0.2, 0) is 30.4 Å². The summed E-state index contributed by atoms with van der Waals surface area (Å²) < 4.78 is 16.4. The monoisotopic (exact) mass is 529 g/mol. The largest absolute Gasteiger partial charge is 0.460 e. The maximum absolute atomic E-state index is 13.3. The molecule has 0 aromatic heterocycles. The number of carbonyl (C=O) groups excluding carboxylic acids is 3. The average Bonchev–Trinajstić information content (AvgIpc) is 2.88. The van der Waals surface area contributed by atoms with Gasteiger partial charge in [0, 0.05) is 6.04 Å². The highest BCUT2D eigenvalue weighted by Gasteiger charge is 2.31. The predicted molar refractivity (Wildman–Crippen MR) is 144 cm³/mol. The van der Waals surface area contributed by atoms with Gasteiger partial charge in [0.15, 0.2) is 0 Å². The number of hydrogen-bond donors (Lipinski definition) is 2. The van der Waals surface area contributed by atoms with E-state index in [1.807, 2.05) is 30.3 Å². The Balaban J connectivity index is 1.70. The molecule has 0 saturated heterocycles. The minimum Gasteiger partial charge on any atom is -0.460 e. The highest BCUT2D eigenvalue weighted by molar-refractivity contribution is 5.94. The molecule has 9 heteroatoms. The third-order valence-corrected chi connectivity index (χ3v) is 6.58. The van der Waals surface area contributed by atoms with Crippen molar-refractivity contribution in [2.24, 2.45) is 4.99 Å². The van der Waals surface area contributed by atoms with Gasteiger partial charge in [0.1, 0.15) is 18.2 Å². The highest BCUT2D eigenvalue weighted by atomic mass is 16.6. The molecule has 1 atom stereocenters. The molecule has 0 bridgehead atoms. The molecule has 2 aliphatic carbocycles. The summed E-state index contributed by atoms with van der Waals surface area (Å²) in [4.78, 5) is 43.2. The molecule has 2 aliphatic rings. The van der Waals surface area contributed by atoms with Crippen molar-refractivity contribution in [3.05, 3.63) is 35.9 Å². The third-order valence-electron chi connectivity index (χ3n) is 6.58. The van der Waals surface area contributed by atoms with Gasteiger partial charge >= 0.3 is 18.0 Å². The van der Waals surface area contributed by atoms with Crippen LogP contribution in [0.15, 0.2) is 35.3 Å². The number of rotatable bonds is 8. The number of nitrogens with one attached hydrogen (secondary N) is 2. The van der Waals surface area contributed by atoms with Crippen molar-refractivity contribution in [3.8, 4) is 0 Å². The lowest BCUT2D eigenvalue weighted by molar-refractivity contribution is -0.158. The van der Waals surface area contributed by atoms with Crippen molar-refractivity contribution in [2.75, 3.05) is 0 Å². The maximum Gasteiger partial charge on any atom is 0.408 e. The molecular weight excluding hydrogens is 486 g/mol. The zero-order valence-corrected chi connectivity index (χ0v) is 23.0. The van der Waals surface area contributed by atoms with Gasteiger partial charge in [-0.25, -0.2) is 14.6 Å². The topological polar surface area (TPSA) is 115 Å². The van der Waals surface area contributed by atoms with E-state index in [4.69, 9.17) is 19.2 Å². The number of hydrogen-bond acceptors (Lipinski definition) is 7. The molecular formula is C29H43N3O6. The van der Waals surface area contributed by atoms with E-state index < -0.39 is 36.1 Å². The number of nitrogens with zero attached hydrogens (tertiary/aromatic N) is 1. The molecule has 2 N–H and O–H groups in total. The zero-order chi connectivity index (χ0) is 27.4. The SMILES string of the molecule is CC(C)(C)OC(=O)C[C@H](NC(=O)OCc1ccccc1)C(=O)OC(=NC1CCCCC1)NC1CCCCC1. The molecule has 0 aliphatic heterocycles. The zero-order valence-electron chi connectivity index (χ0n) is 23.0. The van der Waals surface area contributed by atoms with Gasteiger partial charge in [-0.1, -0.05) is 68.9 Å². The molecule has 2 saturated carbocycles. The quantitative estimate of drug-likeness (QED) is 0.207. The van der Waals surface area contributed by atoms with Gasteiger partial charge in [-0.15, -0.1) is 0 Å². The molecule has 1 aromatic carbocycles. The summed E-state index contributed by atoms with van der Waals surface area (Å²) >= 11 is 0. The summed E-state index contributed by atoms with van der Waals surface area (Å²) in [6.07, 6.45) is 9.41. The van der Waals surface area contributed by atoms with Gasteiger partial charge in [0.2, 0.25) is 0 Å². The van der Waals surface area contributed by atoms with E-state index in [-0.39, 0.29) is 24.7 Å². The Morgan fingerprint density at radius 2 is 1.58 bits per heavy atom. The second-order valence-electron chi connectivity index (χ2n) is 11.2. The standard InChI is InChI=1S/C29H43N3O6/c1-29(2,3)38-25(33)19-24(32-28(35)36-20-21-13-7-4-8-14-21)26(34)37-27(30-22-15-9-5-10-16-22)31-23-17-11-6-12-18-23/h4,7-8,13-14,22-24H,5-6,9-12,15-20H2,1-3H3,(H,30,31)(H,32,35)/t24-/m0/s1. The molecule has 0 unspecified atom stereocenters. The number of esters is 2. The summed E-state index contributed by atoms with van der Waals surface area (Å²) in [5.74, 6) is -1.42. The second-order valence-corrected chi connectivity index (χ2v) is 11.2. The molecule has 0 radical (unpaired) electrons. The fourth-order valence-electron chi connectivity index (χ4n) is 4.71. The minimum absolute atomic E-state index is 0.0263. The minimum atomic E-state index is -1.29. The first-order valence-electron chi connectivity index (χ1n) is 13.9. The van der Waals surface area contributed by atoms with E-state index >= 15 is 0 Å². The van der Waals surface area contributed by atoms with Crippen molar-refractivity contribution in [1.29, 1.82) is 0 Å². The molecule has 1 amide bonds. The molecule has 2 fully saturated rings. The summed E-state index contributed by atoms with van der Waals surface area (Å²) in [7, 11) is 0. The van der Waals surface area contributed by atoms with Crippen LogP contribution in [0.3, 0.4) is 0 Å². The van der Waals surface area contributed by atoms with Crippen LogP contribution >= 0.6 is 0 Å². The summed E-state index contributed by atoms with van der Waals surface area (Å²) in [6.45, 7) is 5.24. The molecule has 1 aromatic rings. The van der Waals surface area contributed by atoms with Gasteiger partial charge in [0.25, 0.3) is 6.02 Å². The lowest BCUT2D eigenvalue weighted by Gasteiger charge is -2.26. The van der Waals surface area contributed by atoms with Crippen LogP contribution in [0.1, 0.15) is 97.0 Å². The van der Waals surface area contributed by atoms with Crippen molar-refractivity contribution >= 4 is 24.1 Å². The summed E-state index contributed by atoms with van der Waals surface area (Å²) in [6, 6.07) is 8.32. The van der Waals surface area contributed by atoms with E-state index in [2.05, 4.69) is 10.6 Å². The Labute approximate surface area is 226 Å². The van der Waals surface area contributed by atoms with E-state index in [1.165, 1.54) is 12.8 Å². The smallest absolute Gasteiger partial charge is 0.408 e.